The van der Waals surface area contributed by atoms with Gasteiger partial charge < -0.3 is 9.67 Å². The quantitative estimate of drug-likeness (QED) is 0.483. The van der Waals surface area contributed by atoms with E-state index in [1.807, 2.05) is 48.0 Å². The van der Waals surface area contributed by atoms with E-state index in [9.17, 15) is 17.6 Å². The van der Waals surface area contributed by atoms with Gasteiger partial charge in [-0.3, -0.25) is 0 Å². The van der Waals surface area contributed by atoms with E-state index in [0.717, 1.165) is 16.6 Å². The van der Waals surface area contributed by atoms with Gasteiger partial charge in [0.15, 0.2) is 0 Å². The lowest BCUT2D eigenvalue weighted by Crippen LogP contribution is -2.21. The molecule has 5 nitrogen and oxygen atoms in total. The number of carbonyl (C=O) groups is 1. The minimum Gasteiger partial charge on any atom is -0.475 e. The lowest BCUT2D eigenvalue weighted by atomic mass is 10.1. The average Bonchev–Trinajstić information content (AvgIpc) is 3.02. The number of nitrogens with zero attached hydrogens (tertiary/aromatic N) is 3. The average molecular weight is 391 g/mol. The number of aromatic nitrogens is 3. The Labute approximate surface area is 155 Å². The molecule has 0 radical (unpaired) electrons. The Bertz CT molecular complexity index is 1170. The fourth-order valence-electron chi connectivity index (χ4n) is 2.57. The van der Waals surface area contributed by atoms with Crippen LogP contribution in [0.25, 0.3) is 33.2 Å². The van der Waals surface area contributed by atoms with Crippen molar-refractivity contribution < 1.29 is 27.5 Å². The molecule has 0 amide bonds. The van der Waals surface area contributed by atoms with Gasteiger partial charge >= 0.3 is 12.1 Å². The predicted molar refractivity (Wildman–Crippen MR) is 95.1 cm³/mol. The number of aryl methyl sites for hydroxylation is 1. The van der Waals surface area contributed by atoms with E-state index in [1.54, 1.807) is 12.4 Å². The zero-order valence-electron chi connectivity index (χ0n) is 14.4. The van der Waals surface area contributed by atoms with Gasteiger partial charge in [-0.05, 0) is 24.3 Å². The number of hydrogen-bond donors (Lipinski definition) is 1. The Morgan fingerprint density at radius 1 is 1.07 bits per heavy atom. The molecule has 2 aromatic carbocycles. The number of carboxylic acid groups (broad SMARTS) is 1. The summed E-state index contributed by atoms with van der Waals surface area (Å²) in [6, 6.07) is 14.6. The van der Waals surface area contributed by atoms with Crippen molar-refractivity contribution in [1.29, 1.82) is 0 Å². The third kappa shape index (κ3) is 3.93. The molecule has 0 aliphatic rings. The number of imidazole rings is 1. The Balaban J connectivity index is 0.000000279. The number of para-hydroxylation sites is 1. The standard InChI is InChI=1S/C17H12FN3.C2HF3O2/c1-21-10-19-15-7-6-11(8-17(15)21)16-9-13(18)12-4-2-3-5-14(12)20-16;3-2(4,5)1(6)7/h2-10H,1H3;(H,6,7). The van der Waals surface area contributed by atoms with Gasteiger partial charge in [0, 0.05) is 24.1 Å². The highest BCUT2D eigenvalue weighted by atomic mass is 19.4. The summed E-state index contributed by atoms with van der Waals surface area (Å²) in [6.07, 6.45) is -3.32. The number of benzene rings is 2. The number of rotatable bonds is 1. The number of halogens is 4. The molecule has 0 atom stereocenters. The molecule has 144 valence electrons. The zero-order valence-corrected chi connectivity index (χ0v) is 14.4. The molecule has 9 heteroatoms. The number of aliphatic carboxylic acids is 1. The number of carboxylic acids is 1. The molecule has 0 aliphatic heterocycles. The second-order valence-corrected chi connectivity index (χ2v) is 5.87. The van der Waals surface area contributed by atoms with Crippen LogP contribution in [-0.4, -0.2) is 31.8 Å². The van der Waals surface area contributed by atoms with Gasteiger partial charge in [0.25, 0.3) is 0 Å². The molecule has 0 spiro atoms. The highest BCUT2D eigenvalue weighted by Gasteiger charge is 2.38. The first-order chi connectivity index (χ1) is 13.2. The molecule has 0 saturated heterocycles. The van der Waals surface area contributed by atoms with Gasteiger partial charge in [0.2, 0.25) is 0 Å². The van der Waals surface area contributed by atoms with E-state index < -0.39 is 12.1 Å². The molecule has 4 rings (SSSR count). The first-order valence-electron chi connectivity index (χ1n) is 7.93. The Morgan fingerprint density at radius 3 is 2.43 bits per heavy atom. The topological polar surface area (TPSA) is 68.0 Å². The Kier molecular flexibility index (Phi) is 5.00. The van der Waals surface area contributed by atoms with E-state index in [0.29, 0.717) is 16.6 Å². The van der Waals surface area contributed by atoms with Crippen molar-refractivity contribution in [2.75, 3.05) is 0 Å². The number of pyridine rings is 1. The van der Waals surface area contributed by atoms with Crippen molar-refractivity contribution in [3.8, 4) is 11.3 Å². The molecule has 2 heterocycles. The maximum atomic E-state index is 14.2. The van der Waals surface area contributed by atoms with Gasteiger partial charge in [-0.25, -0.2) is 19.2 Å². The maximum absolute atomic E-state index is 14.2. The highest BCUT2D eigenvalue weighted by Crippen LogP contribution is 2.26. The van der Waals surface area contributed by atoms with Gasteiger partial charge in [-0.2, -0.15) is 13.2 Å². The van der Waals surface area contributed by atoms with Crippen LogP contribution in [0.4, 0.5) is 17.6 Å². The molecular formula is C19H13F4N3O2. The van der Waals surface area contributed by atoms with E-state index in [-0.39, 0.29) is 5.82 Å². The van der Waals surface area contributed by atoms with Gasteiger partial charge in [0.05, 0.1) is 28.6 Å². The highest BCUT2D eigenvalue weighted by molar-refractivity contribution is 5.85. The first kappa shape index (κ1) is 19.3. The Morgan fingerprint density at radius 2 is 1.75 bits per heavy atom. The minimum atomic E-state index is -5.08. The molecule has 28 heavy (non-hydrogen) atoms. The molecule has 2 aromatic heterocycles. The number of alkyl halides is 3. The fraction of sp³-hybridized carbons (Fsp3) is 0.105. The minimum absolute atomic E-state index is 0.249. The summed E-state index contributed by atoms with van der Waals surface area (Å²) in [6.45, 7) is 0. The van der Waals surface area contributed by atoms with E-state index in [2.05, 4.69) is 9.97 Å². The van der Waals surface area contributed by atoms with Crippen LogP contribution in [0.5, 0.6) is 0 Å². The summed E-state index contributed by atoms with van der Waals surface area (Å²) in [5.41, 5.74) is 4.10. The lowest BCUT2D eigenvalue weighted by Gasteiger charge is -2.05. The van der Waals surface area contributed by atoms with Crippen molar-refractivity contribution in [3.63, 3.8) is 0 Å². The van der Waals surface area contributed by atoms with Gasteiger partial charge in [0.1, 0.15) is 5.82 Å². The van der Waals surface area contributed by atoms with Crippen molar-refractivity contribution in [3.05, 3.63) is 60.7 Å². The van der Waals surface area contributed by atoms with E-state index in [1.165, 1.54) is 6.07 Å². The summed E-state index contributed by atoms with van der Waals surface area (Å²) >= 11 is 0. The molecule has 0 bridgehead atoms. The molecule has 0 aliphatic carbocycles. The van der Waals surface area contributed by atoms with Crippen molar-refractivity contribution in [2.24, 2.45) is 7.05 Å². The van der Waals surface area contributed by atoms with Crippen molar-refractivity contribution >= 4 is 27.9 Å². The van der Waals surface area contributed by atoms with Crippen LogP contribution in [0.15, 0.2) is 54.9 Å². The summed E-state index contributed by atoms with van der Waals surface area (Å²) < 4.78 is 47.9. The maximum Gasteiger partial charge on any atom is 0.490 e. The molecule has 1 N–H and O–H groups in total. The van der Waals surface area contributed by atoms with Crippen LogP contribution in [0.1, 0.15) is 0 Å². The number of fused-ring (bicyclic) bond motifs is 2. The summed E-state index contributed by atoms with van der Waals surface area (Å²) in [5, 5.41) is 7.67. The van der Waals surface area contributed by atoms with Crippen LogP contribution in [0.2, 0.25) is 0 Å². The monoisotopic (exact) mass is 391 g/mol. The van der Waals surface area contributed by atoms with E-state index >= 15 is 0 Å². The first-order valence-corrected chi connectivity index (χ1v) is 7.93. The lowest BCUT2D eigenvalue weighted by molar-refractivity contribution is -0.192. The van der Waals surface area contributed by atoms with Crippen molar-refractivity contribution in [1.82, 2.24) is 14.5 Å². The third-order valence-corrected chi connectivity index (χ3v) is 3.93. The second-order valence-electron chi connectivity index (χ2n) is 5.87. The third-order valence-electron chi connectivity index (χ3n) is 3.93. The summed E-state index contributed by atoms with van der Waals surface area (Å²) in [7, 11) is 1.94. The largest absolute Gasteiger partial charge is 0.490 e. The van der Waals surface area contributed by atoms with Crippen LogP contribution >= 0.6 is 0 Å². The van der Waals surface area contributed by atoms with E-state index in [4.69, 9.17) is 9.90 Å². The number of hydrogen-bond acceptors (Lipinski definition) is 3. The normalized spacial score (nSPS) is 11.3. The molecular weight excluding hydrogens is 378 g/mol. The SMILES string of the molecule is Cn1cnc2ccc(-c3cc(F)c4ccccc4n3)cc21.O=C(O)C(F)(F)F. The van der Waals surface area contributed by atoms with Crippen LogP contribution in [-0.2, 0) is 11.8 Å². The summed E-state index contributed by atoms with van der Waals surface area (Å²) in [5.74, 6) is -3.01. The van der Waals surface area contributed by atoms with Crippen molar-refractivity contribution in [2.45, 2.75) is 6.18 Å². The summed E-state index contributed by atoms with van der Waals surface area (Å²) in [4.78, 5) is 17.7. The fourth-order valence-corrected chi connectivity index (χ4v) is 2.57. The van der Waals surface area contributed by atoms with Crippen LogP contribution in [0.3, 0.4) is 0 Å². The predicted octanol–water partition coefficient (Wildman–Crippen LogP) is 4.56. The van der Waals surface area contributed by atoms with Crippen LogP contribution < -0.4 is 0 Å². The van der Waals surface area contributed by atoms with Crippen LogP contribution in [0, 0.1) is 5.82 Å². The van der Waals surface area contributed by atoms with Gasteiger partial charge in [-0.1, -0.05) is 18.2 Å². The zero-order chi connectivity index (χ0) is 20.5. The molecule has 4 aromatic rings. The van der Waals surface area contributed by atoms with Gasteiger partial charge in [-0.15, -0.1) is 0 Å². The smallest absolute Gasteiger partial charge is 0.475 e. The second kappa shape index (κ2) is 7.26. The molecule has 0 fully saturated rings. The molecule has 0 saturated carbocycles. The Hall–Kier alpha value is -3.49. The molecule has 0 unspecified atom stereocenters.